The number of aromatic nitrogens is 2. The number of ether oxygens (including phenoxy) is 1. The number of carbonyl (C=O) groups excluding carboxylic acids is 2. The molecule has 1 aromatic heterocycles. The minimum absolute atomic E-state index is 0.150. The smallest absolute Gasteiger partial charge is 0.410 e. The zero-order valence-electron chi connectivity index (χ0n) is 22.2. The summed E-state index contributed by atoms with van der Waals surface area (Å²) in [7, 11) is 0. The quantitative estimate of drug-likeness (QED) is 0.275. The summed E-state index contributed by atoms with van der Waals surface area (Å²) >= 11 is 0. The molecule has 2 heterocycles. The number of amides is 2. The number of benzene rings is 1. The Bertz CT molecular complexity index is 1200. The normalized spacial score (nSPS) is 15.4. The van der Waals surface area contributed by atoms with Gasteiger partial charge in [0, 0.05) is 56.5 Å². The molecule has 2 aromatic rings. The fourth-order valence-electron chi connectivity index (χ4n) is 4.69. The highest BCUT2D eigenvalue weighted by molar-refractivity contribution is 6.29. The van der Waals surface area contributed by atoms with Crippen LogP contribution in [0, 0.1) is 5.41 Å². The molecule has 2 aliphatic rings. The van der Waals surface area contributed by atoms with Crippen molar-refractivity contribution in [2.45, 2.75) is 64.6 Å². The van der Waals surface area contributed by atoms with Crippen LogP contribution in [0.1, 0.15) is 49.6 Å². The van der Waals surface area contributed by atoms with Gasteiger partial charge in [0.05, 0.1) is 11.4 Å². The molecule has 0 radical (unpaired) electrons. The third-order valence-electron chi connectivity index (χ3n) is 6.62. The van der Waals surface area contributed by atoms with E-state index in [2.05, 4.69) is 39.7 Å². The number of anilines is 1. The average Bonchev–Trinajstić information content (AvgIpc) is 3.29. The summed E-state index contributed by atoms with van der Waals surface area (Å²) in [5, 5.41) is 14.4. The molecule has 0 fully saturated rings. The van der Waals surface area contributed by atoms with E-state index in [1.807, 2.05) is 0 Å². The van der Waals surface area contributed by atoms with E-state index in [1.165, 1.54) is 16.0 Å². The molecule has 1 aromatic carbocycles. The van der Waals surface area contributed by atoms with Gasteiger partial charge in [-0.15, -0.1) is 0 Å². The Morgan fingerprint density at radius 2 is 1.97 bits per heavy atom. The number of nitrogens with zero attached hydrogens (tertiary/aromatic N) is 5. The number of hydrogen-bond donors (Lipinski definition) is 3. The van der Waals surface area contributed by atoms with Crippen molar-refractivity contribution in [2.24, 2.45) is 10.9 Å². The van der Waals surface area contributed by atoms with Crippen LogP contribution in [-0.2, 0) is 35.3 Å². The van der Waals surface area contributed by atoms with Gasteiger partial charge in [0.1, 0.15) is 12.1 Å². The summed E-state index contributed by atoms with van der Waals surface area (Å²) in [6.45, 7) is 6.18. The third-order valence-corrected chi connectivity index (χ3v) is 6.62. The van der Waals surface area contributed by atoms with E-state index >= 15 is 0 Å². The zero-order valence-corrected chi connectivity index (χ0v) is 22.2. The maximum absolute atomic E-state index is 13.2. The highest BCUT2D eigenvalue weighted by Crippen LogP contribution is 2.24. The van der Waals surface area contributed by atoms with Crippen molar-refractivity contribution in [2.75, 3.05) is 25.0 Å². The first-order valence-electron chi connectivity index (χ1n) is 12.9. The predicted octanol–water partition coefficient (Wildman–Crippen LogP) is 2.53. The van der Waals surface area contributed by atoms with Crippen LogP contribution in [0.4, 0.5) is 10.7 Å². The highest BCUT2D eigenvalue weighted by atomic mass is 16.6. The monoisotopic (exact) mass is 520 g/mol. The Kier molecular flexibility index (Phi) is 8.23. The number of nitrogens with two attached hydrogens (primary N) is 1. The summed E-state index contributed by atoms with van der Waals surface area (Å²) in [5.74, 6) is 5.71. The van der Waals surface area contributed by atoms with Crippen molar-refractivity contribution in [1.29, 1.82) is 5.41 Å². The van der Waals surface area contributed by atoms with Crippen LogP contribution in [0.25, 0.3) is 0 Å². The largest absolute Gasteiger partial charge is 0.444 e. The molecule has 0 spiro atoms. The second kappa shape index (κ2) is 11.6. The van der Waals surface area contributed by atoms with Gasteiger partial charge in [0.15, 0.2) is 0 Å². The summed E-state index contributed by atoms with van der Waals surface area (Å²) in [5.41, 5.74) is 4.17. The van der Waals surface area contributed by atoms with Crippen LogP contribution in [0.5, 0.6) is 0 Å². The third kappa shape index (κ3) is 6.84. The molecule has 0 saturated carbocycles. The van der Waals surface area contributed by atoms with Gasteiger partial charge in [-0.25, -0.2) is 14.8 Å². The molecule has 0 bridgehead atoms. The van der Waals surface area contributed by atoms with Crippen LogP contribution in [-0.4, -0.2) is 75.0 Å². The van der Waals surface area contributed by atoms with Crippen molar-refractivity contribution in [1.82, 2.24) is 19.8 Å². The zero-order chi connectivity index (χ0) is 27.3. The van der Waals surface area contributed by atoms with E-state index in [9.17, 15) is 9.59 Å². The van der Waals surface area contributed by atoms with Crippen molar-refractivity contribution < 1.29 is 14.3 Å². The van der Waals surface area contributed by atoms with E-state index in [1.54, 1.807) is 31.9 Å². The molecule has 0 atom stereocenters. The Morgan fingerprint density at radius 1 is 1.26 bits per heavy atom. The number of rotatable bonds is 8. The number of nitrogens with one attached hydrogen (secondary N) is 2. The Morgan fingerprint density at radius 3 is 2.61 bits per heavy atom. The van der Waals surface area contributed by atoms with Crippen molar-refractivity contribution >= 4 is 29.9 Å². The number of hydrogen-bond acceptors (Lipinski definition) is 9. The van der Waals surface area contributed by atoms with E-state index in [0.717, 1.165) is 30.3 Å². The highest BCUT2D eigenvalue weighted by Gasteiger charge is 2.29. The molecular formula is C27H36N8O3. The molecule has 2 amide bonds. The molecule has 202 valence electrons. The maximum atomic E-state index is 13.2. The molecule has 11 nitrogen and oxygen atoms in total. The Hall–Kier alpha value is -4.02. The Balaban J connectivity index is 1.37. The lowest BCUT2D eigenvalue weighted by atomic mass is 10.1. The van der Waals surface area contributed by atoms with E-state index in [0.29, 0.717) is 31.2 Å². The SMILES string of the molecule is CC(C)(C)OC(=O)N(CC/C(C=N)=N/N)CC(=O)N1CCc2nc(NC3Cc4ccccc4C3)ncc2C1. The topological polar surface area (TPSA) is 150 Å². The van der Waals surface area contributed by atoms with Gasteiger partial charge < -0.3 is 26.2 Å². The van der Waals surface area contributed by atoms with Gasteiger partial charge in [-0.2, -0.15) is 5.10 Å². The van der Waals surface area contributed by atoms with Crippen molar-refractivity contribution in [3.63, 3.8) is 0 Å². The fraction of sp³-hybridized carbons (Fsp3) is 0.481. The number of hydrazone groups is 1. The van der Waals surface area contributed by atoms with E-state index < -0.39 is 11.7 Å². The standard InChI is InChI=1S/C27H36N8O3/c1-27(2,3)38-26(37)35(10-8-21(14-28)33-29)17-24(36)34-11-9-23-20(16-34)15-30-25(32-23)31-22-12-18-6-4-5-7-19(18)13-22/h4-7,14-15,22,28H,8-13,16-17,29H2,1-3H3,(H,30,31,32)/b28-14?,33-21-. The summed E-state index contributed by atoms with van der Waals surface area (Å²) in [6, 6.07) is 8.73. The van der Waals surface area contributed by atoms with Gasteiger partial charge in [-0.3, -0.25) is 9.69 Å². The second-order valence-corrected chi connectivity index (χ2v) is 10.7. The summed E-state index contributed by atoms with van der Waals surface area (Å²) in [6.07, 6.45) is 4.96. The minimum atomic E-state index is -0.709. The van der Waals surface area contributed by atoms with E-state index in [-0.39, 0.29) is 31.5 Å². The van der Waals surface area contributed by atoms with Crippen LogP contribution >= 0.6 is 0 Å². The van der Waals surface area contributed by atoms with Crippen LogP contribution < -0.4 is 11.2 Å². The Labute approximate surface area is 223 Å². The lowest BCUT2D eigenvalue weighted by molar-refractivity contribution is -0.133. The summed E-state index contributed by atoms with van der Waals surface area (Å²) < 4.78 is 5.49. The number of carbonyl (C=O) groups is 2. The number of fused-ring (bicyclic) bond motifs is 2. The molecule has 1 aliphatic carbocycles. The van der Waals surface area contributed by atoms with Gasteiger partial charge in [-0.1, -0.05) is 24.3 Å². The van der Waals surface area contributed by atoms with Crippen molar-refractivity contribution in [3.05, 3.63) is 52.8 Å². The maximum Gasteiger partial charge on any atom is 0.410 e. The first-order valence-corrected chi connectivity index (χ1v) is 12.9. The van der Waals surface area contributed by atoms with Gasteiger partial charge in [-0.05, 0) is 44.7 Å². The fourth-order valence-corrected chi connectivity index (χ4v) is 4.69. The molecule has 4 N–H and O–H groups in total. The lowest BCUT2D eigenvalue weighted by Crippen LogP contribution is -2.46. The molecule has 1 aliphatic heterocycles. The van der Waals surface area contributed by atoms with Gasteiger partial charge in [0.2, 0.25) is 11.9 Å². The average molecular weight is 521 g/mol. The lowest BCUT2D eigenvalue weighted by Gasteiger charge is -2.32. The molecule has 38 heavy (non-hydrogen) atoms. The van der Waals surface area contributed by atoms with Crippen LogP contribution in [0.15, 0.2) is 35.6 Å². The second-order valence-electron chi connectivity index (χ2n) is 10.7. The van der Waals surface area contributed by atoms with E-state index in [4.69, 9.17) is 21.0 Å². The molecule has 11 heteroatoms. The first-order chi connectivity index (χ1) is 18.1. The predicted molar refractivity (Wildman–Crippen MR) is 145 cm³/mol. The minimum Gasteiger partial charge on any atom is -0.444 e. The summed E-state index contributed by atoms with van der Waals surface area (Å²) in [4.78, 5) is 38.3. The molecule has 4 rings (SSSR count). The van der Waals surface area contributed by atoms with Gasteiger partial charge in [0.25, 0.3) is 0 Å². The van der Waals surface area contributed by atoms with Crippen LogP contribution in [0.3, 0.4) is 0 Å². The molecule has 0 saturated heterocycles. The molecular weight excluding hydrogens is 484 g/mol. The van der Waals surface area contributed by atoms with Crippen LogP contribution in [0.2, 0.25) is 0 Å². The molecule has 0 unspecified atom stereocenters. The van der Waals surface area contributed by atoms with Gasteiger partial charge >= 0.3 is 6.09 Å². The first kappa shape index (κ1) is 27.0. The van der Waals surface area contributed by atoms with Crippen molar-refractivity contribution in [3.8, 4) is 0 Å².